The smallest absolute Gasteiger partial charge is 0.261 e. The fourth-order valence-electron chi connectivity index (χ4n) is 1.52. The summed E-state index contributed by atoms with van der Waals surface area (Å²) in [6, 6.07) is 6.55. The molecule has 16 heavy (non-hydrogen) atoms. The first kappa shape index (κ1) is 13.5. The van der Waals surface area contributed by atoms with E-state index in [1.165, 1.54) is 6.07 Å². The molecule has 0 saturated carbocycles. The monoisotopic (exact) mass is 262 g/mol. The van der Waals surface area contributed by atoms with Crippen molar-refractivity contribution in [1.29, 1.82) is 0 Å². The molecule has 0 aliphatic heterocycles. The van der Waals surface area contributed by atoms with E-state index in [0.29, 0.717) is 6.61 Å². The SMILES string of the molecule is CCOC(CC)c1cccc(S(=O)(=O)Cl)c1. The van der Waals surface area contributed by atoms with E-state index >= 15 is 0 Å². The Bertz CT molecular complexity index is 442. The Morgan fingerprint density at radius 3 is 2.56 bits per heavy atom. The molecule has 0 amide bonds. The summed E-state index contributed by atoms with van der Waals surface area (Å²) >= 11 is 0. The predicted octanol–water partition coefficient (Wildman–Crippen LogP) is 3.10. The Kier molecular flexibility index (Phi) is 4.77. The molecule has 0 heterocycles. The highest BCUT2D eigenvalue weighted by atomic mass is 35.7. The van der Waals surface area contributed by atoms with Crippen LogP contribution in [0.4, 0.5) is 0 Å². The zero-order valence-corrected chi connectivity index (χ0v) is 10.9. The maximum absolute atomic E-state index is 11.2. The van der Waals surface area contributed by atoms with Crippen LogP contribution in [0, 0.1) is 0 Å². The highest BCUT2D eigenvalue weighted by molar-refractivity contribution is 8.13. The number of halogens is 1. The molecule has 0 radical (unpaired) electrons. The van der Waals surface area contributed by atoms with Crippen LogP contribution in [0.15, 0.2) is 29.2 Å². The molecule has 0 N–H and O–H groups in total. The molecule has 0 aliphatic rings. The van der Waals surface area contributed by atoms with Crippen LogP contribution < -0.4 is 0 Å². The normalized spacial score (nSPS) is 13.7. The molecule has 0 bridgehead atoms. The van der Waals surface area contributed by atoms with Crippen molar-refractivity contribution in [3.8, 4) is 0 Å². The molecule has 0 aromatic heterocycles. The summed E-state index contributed by atoms with van der Waals surface area (Å²) in [5, 5.41) is 0. The quantitative estimate of drug-likeness (QED) is 0.766. The Morgan fingerprint density at radius 2 is 2.06 bits per heavy atom. The molecular formula is C11H15ClO3S. The van der Waals surface area contributed by atoms with Gasteiger partial charge in [-0.3, -0.25) is 0 Å². The minimum absolute atomic E-state index is 0.0802. The fraction of sp³-hybridized carbons (Fsp3) is 0.455. The van der Waals surface area contributed by atoms with E-state index in [4.69, 9.17) is 15.4 Å². The fourth-order valence-corrected chi connectivity index (χ4v) is 2.32. The van der Waals surface area contributed by atoms with Crippen LogP contribution in [0.5, 0.6) is 0 Å². The van der Waals surface area contributed by atoms with Crippen LogP contribution in [0.3, 0.4) is 0 Å². The van der Waals surface area contributed by atoms with E-state index in [2.05, 4.69) is 0 Å². The third-order valence-corrected chi connectivity index (χ3v) is 3.60. The van der Waals surface area contributed by atoms with E-state index in [9.17, 15) is 8.42 Å². The van der Waals surface area contributed by atoms with E-state index in [0.717, 1.165) is 12.0 Å². The van der Waals surface area contributed by atoms with Gasteiger partial charge in [0.05, 0.1) is 11.0 Å². The van der Waals surface area contributed by atoms with Gasteiger partial charge in [0.1, 0.15) is 0 Å². The molecule has 0 saturated heterocycles. The summed E-state index contributed by atoms with van der Waals surface area (Å²) in [5.74, 6) is 0. The lowest BCUT2D eigenvalue weighted by molar-refractivity contribution is 0.0597. The van der Waals surface area contributed by atoms with Crippen molar-refractivity contribution in [3.05, 3.63) is 29.8 Å². The molecule has 3 nitrogen and oxygen atoms in total. The van der Waals surface area contributed by atoms with Gasteiger partial charge in [-0.25, -0.2) is 8.42 Å². The Morgan fingerprint density at radius 1 is 1.38 bits per heavy atom. The second-order valence-electron chi connectivity index (χ2n) is 3.36. The van der Waals surface area contributed by atoms with Gasteiger partial charge in [0, 0.05) is 17.3 Å². The largest absolute Gasteiger partial charge is 0.374 e. The number of benzene rings is 1. The van der Waals surface area contributed by atoms with Crippen LogP contribution >= 0.6 is 10.7 Å². The summed E-state index contributed by atoms with van der Waals surface area (Å²) < 4.78 is 27.9. The topological polar surface area (TPSA) is 43.4 Å². The van der Waals surface area contributed by atoms with Crippen LogP contribution in [0.1, 0.15) is 31.9 Å². The van der Waals surface area contributed by atoms with Gasteiger partial charge in [0.15, 0.2) is 0 Å². The molecule has 5 heteroatoms. The van der Waals surface area contributed by atoms with E-state index in [1.54, 1.807) is 12.1 Å². The average Bonchev–Trinajstić information content (AvgIpc) is 2.25. The van der Waals surface area contributed by atoms with Gasteiger partial charge < -0.3 is 4.74 Å². The second-order valence-corrected chi connectivity index (χ2v) is 5.93. The van der Waals surface area contributed by atoms with E-state index in [1.807, 2.05) is 19.9 Å². The molecular weight excluding hydrogens is 248 g/mol. The first-order chi connectivity index (χ1) is 7.49. The summed E-state index contributed by atoms with van der Waals surface area (Å²) in [7, 11) is 1.62. The molecule has 0 fully saturated rings. The van der Waals surface area contributed by atoms with Gasteiger partial charge in [-0.1, -0.05) is 19.1 Å². The van der Waals surface area contributed by atoms with Crippen molar-refractivity contribution >= 4 is 19.7 Å². The number of ether oxygens (including phenoxy) is 1. The standard InChI is InChI=1S/C11H15ClO3S/c1-3-11(15-4-2)9-6-5-7-10(8-9)16(12,13)14/h5-8,11H,3-4H2,1-2H3. The lowest BCUT2D eigenvalue weighted by Crippen LogP contribution is -2.04. The van der Waals surface area contributed by atoms with E-state index in [-0.39, 0.29) is 11.0 Å². The summed E-state index contributed by atoms with van der Waals surface area (Å²) in [6.45, 7) is 4.49. The van der Waals surface area contributed by atoms with Gasteiger partial charge in [0.2, 0.25) is 0 Å². The third kappa shape index (κ3) is 3.47. The molecule has 1 aromatic carbocycles. The van der Waals surface area contributed by atoms with Crippen molar-refractivity contribution < 1.29 is 13.2 Å². The van der Waals surface area contributed by atoms with Crippen molar-refractivity contribution in [2.75, 3.05) is 6.61 Å². The molecule has 1 aromatic rings. The van der Waals surface area contributed by atoms with Gasteiger partial charge in [-0.05, 0) is 31.0 Å². The van der Waals surface area contributed by atoms with Crippen molar-refractivity contribution in [2.24, 2.45) is 0 Å². The number of rotatable bonds is 5. The highest BCUT2D eigenvalue weighted by Gasteiger charge is 2.14. The molecule has 1 unspecified atom stereocenters. The molecule has 1 atom stereocenters. The average molecular weight is 263 g/mol. The zero-order valence-electron chi connectivity index (χ0n) is 9.31. The Labute approximate surface area is 101 Å². The molecule has 1 rings (SSSR count). The Balaban J connectivity index is 3.06. The molecule has 0 aliphatic carbocycles. The van der Waals surface area contributed by atoms with Crippen LogP contribution in [-0.2, 0) is 13.8 Å². The predicted molar refractivity (Wildman–Crippen MR) is 64.1 cm³/mol. The minimum atomic E-state index is -3.67. The maximum atomic E-state index is 11.2. The number of hydrogen-bond acceptors (Lipinski definition) is 3. The highest BCUT2D eigenvalue weighted by Crippen LogP contribution is 2.24. The van der Waals surface area contributed by atoms with Gasteiger partial charge in [0.25, 0.3) is 9.05 Å². The second kappa shape index (κ2) is 5.66. The van der Waals surface area contributed by atoms with Gasteiger partial charge in [-0.15, -0.1) is 0 Å². The van der Waals surface area contributed by atoms with E-state index < -0.39 is 9.05 Å². The van der Waals surface area contributed by atoms with Gasteiger partial charge in [-0.2, -0.15) is 0 Å². The minimum Gasteiger partial charge on any atom is -0.374 e. The summed E-state index contributed by atoms with van der Waals surface area (Å²) in [6.07, 6.45) is 0.711. The lowest BCUT2D eigenvalue weighted by atomic mass is 10.1. The zero-order chi connectivity index (χ0) is 12.2. The third-order valence-electron chi connectivity index (χ3n) is 2.25. The van der Waals surface area contributed by atoms with Crippen molar-refractivity contribution in [3.63, 3.8) is 0 Å². The van der Waals surface area contributed by atoms with Crippen LogP contribution in [0.25, 0.3) is 0 Å². The Hall–Kier alpha value is -0.580. The van der Waals surface area contributed by atoms with Crippen molar-refractivity contribution in [1.82, 2.24) is 0 Å². The lowest BCUT2D eigenvalue weighted by Gasteiger charge is -2.15. The maximum Gasteiger partial charge on any atom is 0.261 e. The summed E-state index contributed by atoms with van der Waals surface area (Å²) in [4.78, 5) is 0.116. The first-order valence-corrected chi connectivity index (χ1v) is 7.46. The summed E-state index contributed by atoms with van der Waals surface area (Å²) in [5.41, 5.74) is 0.839. The molecule has 0 spiro atoms. The van der Waals surface area contributed by atoms with Gasteiger partial charge >= 0.3 is 0 Å². The van der Waals surface area contributed by atoms with Crippen molar-refractivity contribution in [2.45, 2.75) is 31.3 Å². The van der Waals surface area contributed by atoms with Crippen LogP contribution in [0.2, 0.25) is 0 Å². The first-order valence-electron chi connectivity index (χ1n) is 5.15. The van der Waals surface area contributed by atoms with Crippen LogP contribution in [-0.4, -0.2) is 15.0 Å². The number of hydrogen-bond donors (Lipinski definition) is 0. The molecule has 90 valence electrons.